The first kappa shape index (κ1) is 30.4. The molecule has 0 aliphatic carbocycles. The lowest BCUT2D eigenvalue weighted by Gasteiger charge is -2.18. The van der Waals surface area contributed by atoms with Crippen LogP contribution in [0.3, 0.4) is 0 Å². The summed E-state index contributed by atoms with van der Waals surface area (Å²) in [7, 11) is 0. The van der Waals surface area contributed by atoms with Crippen LogP contribution in [0.5, 0.6) is 0 Å². The van der Waals surface area contributed by atoms with Gasteiger partial charge in [-0.2, -0.15) is 0 Å². The van der Waals surface area contributed by atoms with E-state index in [1.165, 1.54) is 33.4 Å². The van der Waals surface area contributed by atoms with E-state index in [0.29, 0.717) is 0 Å². The fourth-order valence-corrected chi connectivity index (χ4v) is 4.80. The van der Waals surface area contributed by atoms with E-state index in [4.69, 9.17) is 9.97 Å². The van der Waals surface area contributed by atoms with Gasteiger partial charge in [0.2, 0.25) is 0 Å². The maximum absolute atomic E-state index is 4.93. The Morgan fingerprint density at radius 3 is 2.15 bits per heavy atom. The zero-order valence-corrected chi connectivity index (χ0v) is 24.8. The molecular weight excluding hydrogens is 486 g/mol. The zero-order chi connectivity index (χ0) is 28.9. The second kappa shape index (κ2) is 15.5. The first-order valence-corrected chi connectivity index (χ1v) is 14.3. The molecule has 0 spiro atoms. The highest BCUT2D eigenvalue weighted by molar-refractivity contribution is 5.80. The van der Waals surface area contributed by atoms with Crippen LogP contribution in [0.4, 0.5) is 0 Å². The first-order valence-electron chi connectivity index (χ1n) is 14.3. The Kier molecular flexibility index (Phi) is 11.8. The van der Waals surface area contributed by atoms with Crippen molar-refractivity contribution in [1.82, 2.24) is 15.0 Å². The van der Waals surface area contributed by atoms with Crippen LogP contribution in [0.15, 0.2) is 104 Å². The van der Waals surface area contributed by atoms with Crippen LogP contribution in [0, 0.1) is 6.92 Å². The van der Waals surface area contributed by atoms with E-state index < -0.39 is 0 Å². The number of aromatic nitrogens is 3. The van der Waals surface area contributed by atoms with E-state index in [1.807, 2.05) is 26.0 Å². The van der Waals surface area contributed by atoms with Crippen LogP contribution >= 0.6 is 0 Å². The molecule has 206 valence electrons. The summed E-state index contributed by atoms with van der Waals surface area (Å²) in [5.41, 5.74) is 8.52. The van der Waals surface area contributed by atoms with E-state index in [9.17, 15) is 0 Å². The number of allylic oxidation sites excluding steroid dienone is 10. The highest BCUT2D eigenvalue weighted by Crippen LogP contribution is 2.34. The van der Waals surface area contributed by atoms with Crippen LogP contribution in [-0.2, 0) is 0 Å². The summed E-state index contributed by atoms with van der Waals surface area (Å²) in [4.78, 5) is 14.3. The van der Waals surface area contributed by atoms with Crippen molar-refractivity contribution < 1.29 is 0 Å². The molecule has 1 atom stereocenters. The summed E-state index contributed by atoms with van der Waals surface area (Å²) in [5.74, 6) is 2.19. The highest BCUT2D eigenvalue weighted by Gasteiger charge is 2.18. The molecule has 40 heavy (non-hydrogen) atoms. The summed E-state index contributed by atoms with van der Waals surface area (Å²) in [6.07, 6.45) is 18.0. The molecule has 0 saturated heterocycles. The summed E-state index contributed by atoms with van der Waals surface area (Å²) in [6.45, 7) is 18.4. The van der Waals surface area contributed by atoms with Crippen molar-refractivity contribution in [3.8, 4) is 11.1 Å². The standard InChI is InChI=1S/C37H43N3/c1-8-14-19-28(10-3)33-24-34(26-35(25-33)32-21-17-16-18-22-32)30(12-5)23-31(13-6)37-39-27(7)38-36(40-37)29(11-4)20-15-9-2/h8-9,11-14,16-19,21-22,24-26,31H,2,6,10,15,20,23H2,1,3-5,7H3/b14-8-,28-19+,29-11+,30-12+. The fourth-order valence-electron chi connectivity index (χ4n) is 4.80. The van der Waals surface area contributed by atoms with E-state index in [1.54, 1.807) is 0 Å². The molecule has 2 aromatic carbocycles. The fraction of sp³-hybridized carbons (Fsp3) is 0.270. The molecule has 1 unspecified atom stereocenters. The Morgan fingerprint density at radius 2 is 1.55 bits per heavy atom. The number of rotatable bonds is 13. The Morgan fingerprint density at radius 1 is 0.850 bits per heavy atom. The third-order valence-corrected chi connectivity index (χ3v) is 7.07. The monoisotopic (exact) mass is 529 g/mol. The molecule has 0 aliphatic heterocycles. The van der Waals surface area contributed by atoms with Gasteiger partial charge in [0.05, 0.1) is 0 Å². The van der Waals surface area contributed by atoms with Crippen molar-refractivity contribution in [2.45, 2.75) is 66.2 Å². The molecule has 0 fully saturated rings. The van der Waals surface area contributed by atoms with Gasteiger partial charge in [-0.15, -0.1) is 13.2 Å². The summed E-state index contributed by atoms with van der Waals surface area (Å²) < 4.78 is 0. The number of hydrogen-bond acceptors (Lipinski definition) is 3. The van der Waals surface area contributed by atoms with Gasteiger partial charge in [0.1, 0.15) is 11.6 Å². The maximum Gasteiger partial charge on any atom is 0.159 e. The molecule has 3 aromatic rings. The molecule has 1 aromatic heterocycles. The topological polar surface area (TPSA) is 38.7 Å². The van der Waals surface area contributed by atoms with Gasteiger partial charge < -0.3 is 0 Å². The van der Waals surface area contributed by atoms with Gasteiger partial charge in [0, 0.05) is 5.92 Å². The van der Waals surface area contributed by atoms with E-state index in [2.05, 4.69) is 118 Å². The van der Waals surface area contributed by atoms with E-state index >= 15 is 0 Å². The smallest absolute Gasteiger partial charge is 0.159 e. The second-order valence-corrected chi connectivity index (χ2v) is 9.80. The quantitative estimate of drug-likeness (QED) is 0.163. The van der Waals surface area contributed by atoms with Crippen molar-refractivity contribution in [2.24, 2.45) is 0 Å². The van der Waals surface area contributed by atoms with Crippen molar-refractivity contribution >= 4 is 16.7 Å². The Labute approximate surface area is 241 Å². The number of aryl methyl sites for hydroxylation is 1. The minimum atomic E-state index is -0.0443. The number of nitrogens with zero attached hydrogens (tertiary/aromatic N) is 3. The van der Waals surface area contributed by atoms with Crippen LogP contribution in [0.1, 0.15) is 87.9 Å². The van der Waals surface area contributed by atoms with Crippen molar-refractivity contribution in [1.29, 1.82) is 0 Å². The van der Waals surface area contributed by atoms with Crippen molar-refractivity contribution in [2.75, 3.05) is 0 Å². The van der Waals surface area contributed by atoms with Gasteiger partial charge in [0.15, 0.2) is 5.82 Å². The first-order chi connectivity index (χ1) is 19.5. The predicted molar refractivity (Wildman–Crippen MR) is 174 cm³/mol. The maximum atomic E-state index is 4.93. The molecule has 1 heterocycles. The zero-order valence-electron chi connectivity index (χ0n) is 24.8. The van der Waals surface area contributed by atoms with E-state index in [0.717, 1.165) is 48.7 Å². The Balaban J connectivity index is 2.07. The predicted octanol–water partition coefficient (Wildman–Crippen LogP) is 10.3. The van der Waals surface area contributed by atoms with Gasteiger partial charge in [-0.1, -0.05) is 79.8 Å². The summed E-state index contributed by atoms with van der Waals surface area (Å²) >= 11 is 0. The molecule has 0 bridgehead atoms. The minimum absolute atomic E-state index is 0.0443. The van der Waals surface area contributed by atoms with Gasteiger partial charge in [-0.25, -0.2) is 15.0 Å². The number of hydrogen-bond donors (Lipinski definition) is 0. The molecule has 3 rings (SSSR count). The van der Waals surface area contributed by atoms with Gasteiger partial charge in [-0.05, 0) is 111 Å². The number of benzene rings is 2. The lowest BCUT2D eigenvalue weighted by atomic mass is 9.88. The molecule has 0 amide bonds. The van der Waals surface area contributed by atoms with E-state index in [-0.39, 0.29) is 5.92 Å². The average molecular weight is 530 g/mol. The molecule has 0 radical (unpaired) electrons. The molecule has 0 aliphatic rings. The van der Waals surface area contributed by atoms with Gasteiger partial charge >= 0.3 is 0 Å². The molecule has 3 nitrogen and oxygen atoms in total. The third-order valence-electron chi connectivity index (χ3n) is 7.07. The molecule has 0 saturated carbocycles. The van der Waals surface area contributed by atoms with Gasteiger partial charge in [-0.3, -0.25) is 0 Å². The average Bonchev–Trinajstić information content (AvgIpc) is 2.98. The minimum Gasteiger partial charge on any atom is -0.218 e. The Hall–Kier alpha value is -4.11. The lowest BCUT2D eigenvalue weighted by molar-refractivity contribution is 0.750. The van der Waals surface area contributed by atoms with Crippen LogP contribution in [0.25, 0.3) is 27.8 Å². The molecule has 0 N–H and O–H groups in total. The van der Waals surface area contributed by atoms with Crippen molar-refractivity contribution in [3.63, 3.8) is 0 Å². The molecule has 3 heteroatoms. The SMILES string of the molecule is C=CCC/C(=C\C)c1nc(C)nc(C(C=C)C/C(=C\C)c2cc(/C(=C/C=C\C)CC)cc(-c3ccccc3)c2)n1. The summed E-state index contributed by atoms with van der Waals surface area (Å²) in [6, 6.07) is 17.5. The van der Waals surface area contributed by atoms with Crippen LogP contribution in [-0.4, -0.2) is 15.0 Å². The van der Waals surface area contributed by atoms with Crippen LogP contribution in [0.2, 0.25) is 0 Å². The summed E-state index contributed by atoms with van der Waals surface area (Å²) in [5, 5.41) is 0. The lowest BCUT2D eigenvalue weighted by Crippen LogP contribution is -2.09. The normalized spacial score (nSPS) is 13.5. The van der Waals surface area contributed by atoms with Crippen molar-refractivity contribution in [3.05, 3.63) is 133 Å². The second-order valence-electron chi connectivity index (χ2n) is 9.80. The molecular formula is C37H43N3. The van der Waals surface area contributed by atoms with Gasteiger partial charge in [0.25, 0.3) is 0 Å². The highest BCUT2D eigenvalue weighted by atomic mass is 15.0. The third kappa shape index (κ3) is 7.95. The van der Waals surface area contributed by atoms with Crippen LogP contribution < -0.4 is 0 Å². The largest absolute Gasteiger partial charge is 0.218 e. The Bertz CT molecular complexity index is 1420.